The number of thioether (sulfide) groups is 1. The average Bonchev–Trinajstić information content (AvgIpc) is 2.11. The molecule has 4 heteroatoms. The SMILES string of the molecule is CSCCC(=O)N(C)C(C)C#N. The van der Waals surface area contributed by atoms with Crippen LogP contribution in [0.25, 0.3) is 0 Å². The first kappa shape index (κ1) is 11.3. The molecule has 0 fully saturated rings. The van der Waals surface area contributed by atoms with Crippen LogP contribution in [0.4, 0.5) is 0 Å². The smallest absolute Gasteiger partial charge is 0.224 e. The molecule has 0 aliphatic heterocycles. The summed E-state index contributed by atoms with van der Waals surface area (Å²) in [6, 6.07) is 1.70. The van der Waals surface area contributed by atoms with E-state index in [9.17, 15) is 4.79 Å². The van der Waals surface area contributed by atoms with E-state index in [-0.39, 0.29) is 11.9 Å². The number of amides is 1. The van der Waals surface area contributed by atoms with Gasteiger partial charge in [-0.05, 0) is 13.2 Å². The molecule has 1 amide bonds. The van der Waals surface area contributed by atoms with Gasteiger partial charge < -0.3 is 4.90 Å². The Kier molecular flexibility index (Phi) is 5.56. The van der Waals surface area contributed by atoms with Crippen molar-refractivity contribution in [2.24, 2.45) is 0 Å². The number of carbonyl (C=O) groups excluding carboxylic acids is 1. The third-order valence-electron chi connectivity index (χ3n) is 1.68. The minimum absolute atomic E-state index is 0.0402. The molecule has 0 aromatic carbocycles. The second-order valence-electron chi connectivity index (χ2n) is 2.55. The minimum atomic E-state index is -0.320. The van der Waals surface area contributed by atoms with E-state index in [1.807, 2.05) is 12.3 Å². The highest BCUT2D eigenvalue weighted by Gasteiger charge is 2.13. The van der Waals surface area contributed by atoms with E-state index in [0.717, 1.165) is 5.75 Å². The first-order valence-electron chi connectivity index (χ1n) is 3.77. The molecule has 0 heterocycles. The second kappa shape index (κ2) is 5.90. The first-order chi connectivity index (χ1) is 5.63. The largest absolute Gasteiger partial charge is 0.330 e. The van der Waals surface area contributed by atoms with Crippen molar-refractivity contribution < 1.29 is 4.79 Å². The fourth-order valence-corrected chi connectivity index (χ4v) is 1.05. The van der Waals surface area contributed by atoms with Gasteiger partial charge in [0.05, 0.1) is 6.07 Å². The minimum Gasteiger partial charge on any atom is -0.330 e. The molecule has 0 saturated carbocycles. The van der Waals surface area contributed by atoms with Crippen molar-refractivity contribution in [3.05, 3.63) is 0 Å². The number of hydrogen-bond donors (Lipinski definition) is 0. The highest BCUT2D eigenvalue weighted by atomic mass is 32.2. The van der Waals surface area contributed by atoms with E-state index < -0.39 is 0 Å². The van der Waals surface area contributed by atoms with Crippen LogP contribution in [0.3, 0.4) is 0 Å². The molecule has 0 saturated heterocycles. The highest BCUT2D eigenvalue weighted by molar-refractivity contribution is 7.98. The van der Waals surface area contributed by atoms with E-state index in [4.69, 9.17) is 5.26 Å². The molecule has 0 bridgehead atoms. The molecule has 0 aliphatic carbocycles. The summed E-state index contributed by atoms with van der Waals surface area (Å²) in [5.41, 5.74) is 0. The summed E-state index contributed by atoms with van der Waals surface area (Å²) in [6.45, 7) is 1.72. The van der Waals surface area contributed by atoms with Crippen LogP contribution >= 0.6 is 11.8 Å². The molecular formula is C8H14N2OS. The Hall–Kier alpha value is -0.690. The summed E-state index contributed by atoms with van der Waals surface area (Å²) >= 11 is 1.64. The van der Waals surface area contributed by atoms with Crippen LogP contribution in [-0.2, 0) is 4.79 Å². The van der Waals surface area contributed by atoms with Gasteiger partial charge in [0.15, 0.2) is 0 Å². The molecule has 1 unspecified atom stereocenters. The Morgan fingerprint density at radius 1 is 1.75 bits per heavy atom. The molecule has 0 aromatic rings. The normalized spacial score (nSPS) is 11.8. The van der Waals surface area contributed by atoms with E-state index in [2.05, 4.69) is 0 Å². The summed E-state index contributed by atoms with van der Waals surface area (Å²) in [7, 11) is 1.66. The average molecular weight is 186 g/mol. The van der Waals surface area contributed by atoms with Gasteiger partial charge in [-0.15, -0.1) is 0 Å². The summed E-state index contributed by atoms with van der Waals surface area (Å²) in [4.78, 5) is 12.7. The Bertz CT molecular complexity index is 188. The van der Waals surface area contributed by atoms with Crippen LogP contribution in [0, 0.1) is 11.3 Å². The summed E-state index contributed by atoms with van der Waals surface area (Å²) in [5.74, 6) is 0.861. The monoisotopic (exact) mass is 186 g/mol. The van der Waals surface area contributed by atoms with Crippen molar-refractivity contribution in [3.8, 4) is 6.07 Å². The number of carbonyl (C=O) groups is 1. The first-order valence-corrected chi connectivity index (χ1v) is 5.17. The molecule has 0 aromatic heterocycles. The van der Waals surface area contributed by atoms with Gasteiger partial charge in [0.1, 0.15) is 6.04 Å². The predicted molar refractivity (Wildman–Crippen MR) is 50.8 cm³/mol. The molecule has 0 rings (SSSR count). The lowest BCUT2D eigenvalue weighted by Crippen LogP contribution is -2.34. The molecule has 3 nitrogen and oxygen atoms in total. The molecule has 0 spiro atoms. The summed E-state index contributed by atoms with van der Waals surface area (Å²) < 4.78 is 0. The number of nitriles is 1. The lowest BCUT2D eigenvalue weighted by Gasteiger charge is -2.18. The maximum absolute atomic E-state index is 11.3. The molecule has 68 valence electrons. The van der Waals surface area contributed by atoms with Crippen molar-refractivity contribution in [2.45, 2.75) is 19.4 Å². The van der Waals surface area contributed by atoms with Crippen molar-refractivity contribution in [1.82, 2.24) is 4.90 Å². The van der Waals surface area contributed by atoms with Gasteiger partial charge in [-0.3, -0.25) is 4.79 Å². The zero-order valence-corrected chi connectivity index (χ0v) is 8.52. The highest BCUT2D eigenvalue weighted by Crippen LogP contribution is 2.01. The van der Waals surface area contributed by atoms with Crippen LogP contribution < -0.4 is 0 Å². The molecule has 0 aliphatic rings. The predicted octanol–water partition coefficient (Wildman–Crippen LogP) is 1.11. The van der Waals surface area contributed by atoms with Crippen LogP contribution in [0.2, 0.25) is 0 Å². The lowest BCUT2D eigenvalue weighted by atomic mass is 10.3. The lowest BCUT2D eigenvalue weighted by molar-refractivity contribution is -0.130. The molecule has 1 atom stereocenters. The van der Waals surface area contributed by atoms with Crippen LogP contribution in [-0.4, -0.2) is 35.9 Å². The fourth-order valence-electron chi connectivity index (χ4n) is 0.668. The number of rotatable bonds is 4. The number of nitrogens with zero attached hydrogens (tertiary/aromatic N) is 2. The van der Waals surface area contributed by atoms with E-state index >= 15 is 0 Å². The van der Waals surface area contributed by atoms with Crippen LogP contribution in [0.1, 0.15) is 13.3 Å². The second-order valence-corrected chi connectivity index (χ2v) is 3.54. The number of hydrogen-bond acceptors (Lipinski definition) is 3. The van der Waals surface area contributed by atoms with Crippen molar-refractivity contribution >= 4 is 17.7 Å². The fraction of sp³-hybridized carbons (Fsp3) is 0.750. The third kappa shape index (κ3) is 3.63. The topological polar surface area (TPSA) is 44.1 Å². The zero-order valence-electron chi connectivity index (χ0n) is 7.70. The Balaban J connectivity index is 3.86. The maximum atomic E-state index is 11.3. The van der Waals surface area contributed by atoms with Gasteiger partial charge in [0, 0.05) is 19.2 Å². The molecular weight excluding hydrogens is 172 g/mol. The summed E-state index contributed by atoms with van der Waals surface area (Å²) in [6.07, 6.45) is 2.48. The molecule has 12 heavy (non-hydrogen) atoms. The van der Waals surface area contributed by atoms with Gasteiger partial charge in [0.2, 0.25) is 5.91 Å². The quantitative estimate of drug-likeness (QED) is 0.660. The van der Waals surface area contributed by atoms with Gasteiger partial charge in [-0.2, -0.15) is 17.0 Å². The van der Waals surface area contributed by atoms with Crippen molar-refractivity contribution in [3.63, 3.8) is 0 Å². The summed E-state index contributed by atoms with van der Waals surface area (Å²) in [5, 5.41) is 8.53. The standard InChI is InChI=1S/C8H14N2OS/c1-7(6-9)10(2)8(11)4-5-12-3/h7H,4-5H2,1-3H3. The van der Waals surface area contributed by atoms with Crippen LogP contribution in [0.5, 0.6) is 0 Å². The molecule has 0 N–H and O–H groups in total. The zero-order chi connectivity index (χ0) is 9.56. The van der Waals surface area contributed by atoms with Gasteiger partial charge in [0.25, 0.3) is 0 Å². The van der Waals surface area contributed by atoms with Crippen LogP contribution in [0.15, 0.2) is 0 Å². The van der Waals surface area contributed by atoms with Gasteiger partial charge >= 0.3 is 0 Å². The Labute approximate surface area is 77.7 Å². The molecule has 0 radical (unpaired) electrons. The Morgan fingerprint density at radius 3 is 2.75 bits per heavy atom. The van der Waals surface area contributed by atoms with Gasteiger partial charge in [-0.25, -0.2) is 0 Å². The van der Waals surface area contributed by atoms with Crippen molar-refractivity contribution in [1.29, 1.82) is 5.26 Å². The Morgan fingerprint density at radius 2 is 2.33 bits per heavy atom. The van der Waals surface area contributed by atoms with Gasteiger partial charge in [-0.1, -0.05) is 0 Å². The van der Waals surface area contributed by atoms with E-state index in [0.29, 0.717) is 6.42 Å². The third-order valence-corrected chi connectivity index (χ3v) is 2.29. The van der Waals surface area contributed by atoms with E-state index in [1.165, 1.54) is 4.90 Å². The van der Waals surface area contributed by atoms with E-state index in [1.54, 1.807) is 25.7 Å². The van der Waals surface area contributed by atoms with Crippen molar-refractivity contribution in [2.75, 3.05) is 19.1 Å². The maximum Gasteiger partial charge on any atom is 0.224 e.